The lowest BCUT2D eigenvalue weighted by Crippen LogP contribution is -2.36. The second-order valence-electron chi connectivity index (χ2n) is 6.47. The Bertz CT molecular complexity index is 724. The SMILES string of the molecule is COc1ccc(C(CNC(=O)c2cccc(OC)c2)N2CCCC2)cc1. The van der Waals surface area contributed by atoms with E-state index in [-0.39, 0.29) is 11.9 Å². The Labute approximate surface area is 154 Å². The lowest BCUT2D eigenvalue weighted by molar-refractivity contribution is 0.0937. The molecular weight excluding hydrogens is 328 g/mol. The van der Waals surface area contributed by atoms with Gasteiger partial charge in [-0.25, -0.2) is 0 Å². The fraction of sp³-hybridized carbons (Fsp3) is 0.381. The minimum absolute atomic E-state index is 0.0818. The number of hydrogen-bond acceptors (Lipinski definition) is 4. The van der Waals surface area contributed by atoms with Gasteiger partial charge in [0.05, 0.1) is 20.3 Å². The van der Waals surface area contributed by atoms with Gasteiger partial charge >= 0.3 is 0 Å². The molecule has 1 heterocycles. The number of nitrogens with one attached hydrogen (secondary N) is 1. The van der Waals surface area contributed by atoms with E-state index in [1.54, 1.807) is 26.4 Å². The molecule has 5 heteroatoms. The third kappa shape index (κ3) is 4.35. The third-order valence-corrected chi connectivity index (χ3v) is 4.87. The number of amides is 1. The molecule has 1 atom stereocenters. The van der Waals surface area contributed by atoms with Gasteiger partial charge in [0.1, 0.15) is 11.5 Å². The highest BCUT2D eigenvalue weighted by Crippen LogP contribution is 2.26. The molecule has 0 spiro atoms. The van der Waals surface area contributed by atoms with Crippen molar-refractivity contribution in [3.05, 3.63) is 59.7 Å². The molecule has 3 rings (SSSR count). The Morgan fingerprint density at radius 1 is 1.04 bits per heavy atom. The van der Waals surface area contributed by atoms with Crippen LogP contribution in [0, 0.1) is 0 Å². The summed E-state index contributed by atoms with van der Waals surface area (Å²) < 4.78 is 10.5. The second kappa shape index (κ2) is 8.72. The molecule has 0 radical (unpaired) electrons. The zero-order valence-electron chi connectivity index (χ0n) is 15.4. The van der Waals surface area contributed by atoms with Crippen molar-refractivity contribution in [1.82, 2.24) is 10.2 Å². The van der Waals surface area contributed by atoms with Crippen LogP contribution in [0.5, 0.6) is 11.5 Å². The van der Waals surface area contributed by atoms with Crippen molar-refractivity contribution in [2.75, 3.05) is 33.9 Å². The van der Waals surface area contributed by atoms with Gasteiger partial charge in [-0.3, -0.25) is 9.69 Å². The Hall–Kier alpha value is -2.53. The van der Waals surface area contributed by atoms with Crippen LogP contribution in [-0.2, 0) is 0 Å². The van der Waals surface area contributed by atoms with Gasteiger partial charge in [0.25, 0.3) is 5.91 Å². The average Bonchev–Trinajstić information content (AvgIpc) is 3.23. The number of carbonyl (C=O) groups excluding carboxylic acids is 1. The Balaban J connectivity index is 1.71. The van der Waals surface area contributed by atoms with Gasteiger partial charge in [-0.15, -0.1) is 0 Å². The zero-order chi connectivity index (χ0) is 18.4. The molecule has 0 saturated carbocycles. The Morgan fingerprint density at radius 3 is 2.38 bits per heavy atom. The van der Waals surface area contributed by atoms with Crippen molar-refractivity contribution in [1.29, 1.82) is 0 Å². The molecule has 1 aliphatic rings. The molecule has 1 aliphatic heterocycles. The van der Waals surface area contributed by atoms with Crippen molar-refractivity contribution in [3.63, 3.8) is 0 Å². The maximum absolute atomic E-state index is 12.6. The minimum Gasteiger partial charge on any atom is -0.497 e. The van der Waals surface area contributed by atoms with Crippen LogP contribution in [0.4, 0.5) is 0 Å². The first kappa shape index (κ1) is 18.3. The average molecular weight is 354 g/mol. The standard InChI is InChI=1S/C21H26N2O3/c1-25-18-10-8-16(9-11-18)20(23-12-3-4-13-23)15-22-21(24)17-6-5-7-19(14-17)26-2/h5-11,14,20H,3-4,12-13,15H2,1-2H3,(H,22,24). The predicted molar refractivity (Wildman–Crippen MR) is 102 cm³/mol. The van der Waals surface area contributed by atoms with Crippen molar-refractivity contribution in [2.24, 2.45) is 0 Å². The van der Waals surface area contributed by atoms with E-state index < -0.39 is 0 Å². The number of likely N-dealkylation sites (tertiary alicyclic amines) is 1. The Kier molecular flexibility index (Phi) is 6.12. The van der Waals surface area contributed by atoms with Crippen molar-refractivity contribution in [2.45, 2.75) is 18.9 Å². The minimum atomic E-state index is -0.0818. The number of nitrogens with zero attached hydrogens (tertiary/aromatic N) is 1. The largest absolute Gasteiger partial charge is 0.497 e. The molecule has 1 saturated heterocycles. The van der Waals surface area contributed by atoms with Crippen LogP contribution in [0.3, 0.4) is 0 Å². The van der Waals surface area contributed by atoms with Gasteiger partial charge in [-0.1, -0.05) is 18.2 Å². The molecule has 1 fully saturated rings. The van der Waals surface area contributed by atoms with Gasteiger partial charge in [0, 0.05) is 12.1 Å². The van der Waals surface area contributed by atoms with E-state index in [9.17, 15) is 4.79 Å². The van der Waals surface area contributed by atoms with E-state index in [0.717, 1.165) is 18.8 Å². The first-order valence-corrected chi connectivity index (χ1v) is 9.01. The summed E-state index contributed by atoms with van der Waals surface area (Å²) in [5, 5.41) is 3.09. The van der Waals surface area contributed by atoms with Gasteiger partial charge < -0.3 is 14.8 Å². The summed E-state index contributed by atoms with van der Waals surface area (Å²) in [4.78, 5) is 15.0. The van der Waals surface area contributed by atoms with Crippen LogP contribution >= 0.6 is 0 Å². The summed E-state index contributed by atoms with van der Waals surface area (Å²) in [6.07, 6.45) is 2.41. The highest BCUT2D eigenvalue weighted by Gasteiger charge is 2.24. The third-order valence-electron chi connectivity index (χ3n) is 4.87. The van der Waals surface area contributed by atoms with E-state index in [0.29, 0.717) is 17.9 Å². The van der Waals surface area contributed by atoms with Crippen LogP contribution in [0.1, 0.15) is 34.8 Å². The van der Waals surface area contributed by atoms with Gasteiger partial charge in [-0.2, -0.15) is 0 Å². The molecule has 138 valence electrons. The molecule has 0 aliphatic carbocycles. The summed E-state index contributed by atoms with van der Waals surface area (Å²) >= 11 is 0. The summed E-state index contributed by atoms with van der Waals surface area (Å²) in [7, 11) is 3.27. The van der Waals surface area contributed by atoms with Crippen molar-refractivity contribution >= 4 is 5.91 Å². The van der Waals surface area contributed by atoms with Gasteiger partial charge in [0.15, 0.2) is 0 Å². The number of benzene rings is 2. The maximum Gasteiger partial charge on any atom is 0.251 e. The smallest absolute Gasteiger partial charge is 0.251 e. The molecule has 1 amide bonds. The summed E-state index contributed by atoms with van der Waals surface area (Å²) in [6, 6.07) is 15.5. The quantitative estimate of drug-likeness (QED) is 0.829. The summed E-state index contributed by atoms with van der Waals surface area (Å²) in [6.45, 7) is 2.69. The molecule has 5 nitrogen and oxygen atoms in total. The predicted octanol–water partition coefficient (Wildman–Crippen LogP) is 3.27. The number of rotatable bonds is 7. The van der Waals surface area contributed by atoms with E-state index >= 15 is 0 Å². The molecule has 26 heavy (non-hydrogen) atoms. The van der Waals surface area contributed by atoms with Crippen LogP contribution in [0.2, 0.25) is 0 Å². The van der Waals surface area contributed by atoms with Crippen LogP contribution in [-0.4, -0.2) is 44.7 Å². The molecule has 2 aromatic rings. The lowest BCUT2D eigenvalue weighted by atomic mass is 10.0. The van der Waals surface area contributed by atoms with Gasteiger partial charge in [-0.05, 0) is 61.8 Å². The van der Waals surface area contributed by atoms with E-state index in [4.69, 9.17) is 9.47 Å². The Morgan fingerprint density at radius 2 is 1.73 bits per heavy atom. The molecule has 0 aromatic heterocycles. The molecule has 2 aromatic carbocycles. The highest BCUT2D eigenvalue weighted by atomic mass is 16.5. The topological polar surface area (TPSA) is 50.8 Å². The number of ether oxygens (including phenoxy) is 2. The van der Waals surface area contributed by atoms with E-state index in [1.165, 1.54) is 18.4 Å². The van der Waals surface area contributed by atoms with Crippen molar-refractivity contribution < 1.29 is 14.3 Å². The van der Waals surface area contributed by atoms with E-state index in [2.05, 4.69) is 22.3 Å². The van der Waals surface area contributed by atoms with Crippen molar-refractivity contribution in [3.8, 4) is 11.5 Å². The number of carbonyl (C=O) groups is 1. The molecule has 1 N–H and O–H groups in total. The number of methoxy groups -OCH3 is 2. The zero-order valence-corrected chi connectivity index (χ0v) is 15.4. The summed E-state index contributed by atoms with van der Waals surface area (Å²) in [5.74, 6) is 1.44. The molecule has 0 bridgehead atoms. The molecule has 1 unspecified atom stereocenters. The monoisotopic (exact) mass is 354 g/mol. The first-order chi connectivity index (χ1) is 12.7. The lowest BCUT2D eigenvalue weighted by Gasteiger charge is -2.28. The maximum atomic E-state index is 12.6. The fourth-order valence-electron chi connectivity index (χ4n) is 3.39. The van der Waals surface area contributed by atoms with E-state index in [1.807, 2.05) is 24.3 Å². The second-order valence-corrected chi connectivity index (χ2v) is 6.47. The van der Waals surface area contributed by atoms with Crippen LogP contribution in [0.15, 0.2) is 48.5 Å². The van der Waals surface area contributed by atoms with Crippen LogP contribution in [0.25, 0.3) is 0 Å². The highest BCUT2D eigenvalue weighted by molar-refractivity contribution is 5.94. The van der Waals surface area contributed by atoms with Gasteiger partial charge in [0.2, 0.25) is 0 Å². The number of hydrogen-bond donors (Lipinski definition) is 1. The fourth-order valence-corrected chi connectivity index (χ4v) is 3.39. The summed E-state index contributed by atoms with van der Waals surface area (Å²) in [5.41, 5.74) is 1.80. The van der Waals surface area contributed by atoms with Crippen LogP contribution < -0.4 is 14.8 Å². The first-order valence-electron chi connectivity index (χ1n) is 9.01. The molecular formula is C21H26N2O3. The normalized spacial score (nSPS) is 15.5.